The molecule has 2 aromatic carbocycles. The molecule has 1 atom stereocenters. The molecule has 1 heterocycles. The number of nitrogens with zero attached hydrogens (tertiary/aromatic N) is 2. The lowest BCUT2D eigenvalue weighted by molar-refractivity contribution is -0.929. The SMILES string of the molecule is CCCCCC(=O)OC[N+]1(C)CCN(C(c2ccccc2)c2ccc(Cl)cc2)CC1.[Cl-]. The predicted molar refractivity (Wildman–Crippen MR) is 122 cm³/mol. The van der Waals surface area contributed by atoms with Crippen LogP contribution < -0.4 is 12.4 Å². The zero-order valence-corrected chi connectivity index (χ0v) is 20.1. The number of likely N-dealkylation sites (N-methyl/N-ethyl adjacent to an activating group) is 1. The average molecular weight is 465 g/mol. The molecule has 1 unspecified atom stereocenters. The lowest BCUT2D eigenvalue weighted by Gasteiger charge is -2.44. The molecule has 1 saturated heterocycles. The normalized spacial score (nSPS) is 16.9. The highest BCUT2D eigenvalue weighted by atomic mass is 35.5. The molecular weight excluding hydrogens is 431 g/mol. The van der Waals surface area contributed by atoms with Gasteiger partial charge in [-0.25, -0.2) is 0 Å². The second kappa shape index (κ2) is 12.4. The number of unbranched alkanes of at least 4 members (excludes halogenated alkanes) is 2. The maximum absolute atomic E-state index is 12.0. The molecule has 0 N–H and O–H groups in total. The van der Waals surface area contributed by atoms with Crippen molar-refractivity contribution in [1.82, 2.24) is 4.90 Å². The van der Waals surface area contributed by atoms with Crippen LogP contribution in [0.3, 0.4) is 0 Å². The number of hydrogen-bond acceptors (Lipinski definition) is 3. The molecule has 31 heavy (non-hydrogen) atoms. The fraction of sp³-hybridized carbons (Fsp3) is 0.480. The van der Waals surface area contributed by atoms with E-state index < -0.39 is 0 Å². The van der Waals surface area contributed by atoms with E-state index in [-0.39, 0.29) is 24.4 Å². The number of carbonyl (C=O) groups excluding carboxylic acids is 1. The number of carbonyl (C=O) groups is 1. The number of rotatable bonds is 9. The van der Waals surface area contributed by atoms with Gasteiger partial charge in [-0.05, 0) is 29.7 Å². The number of benzene rings is 2. The Labute approximate surface area is 198 Å². The molecule has 170 valence electrons. The first kappa shape index (κ1) is 25.7. The summed E-state index contributed by atoms with van der Waals surface area (Å²) in [5.74, 6) is -0.0615. The lowest BCUT2D eigenvalue weighted by atomic mass is 9.96. The van der Waals surface area contributed by atoms with Crippen LogP contribution in [0, 0.1) is 0 Å². The van der Waals surface area contributed by atoms with Gasteiger partial charge in [0, 0.05) is 24.5 Å². The smallest absolute Gasteiger partial charge is 0.310 e. The molecule has 0 aliphatic carbocycles. The first-order chi connectivity index (χ1) is 14.5. The van der Waals surface area contributed by atoms with Gasteiger partial charge in [-0.2, -0.15) is 0 Å². The molecule has 3 rings (SSSR count). The van der Waals surface area contributed by atoms with Crippen molar-refractivity contribution in [2.45, 2.75) is 38.6 Å². The Morgan fingerprint density at radius 2 is 1.65 bits per heavy atom. The Bertz CT molecular complexity index is 791. The molecule has 0 radical (unpaired) electrons. The van der Waals surface area contributed by atoms with E-state index in [4.69, 9.17) is 16.3 Å². The molecule has 0 bridgehead atoms. The quantitative estimate of drug-likeness (QED) is 0.323. The third kappa shape index (κ3) is 7.50. The van der Waals surface area contributed by atoms with Crippen molar-refractivity contribution >= 4 is 17.6 Å². The Kier molecular flexibility index (Phi) is 10.3. The molecule has 1 aliphatic heterocycles. The molecular formula is C25H34Cl2N2O2. The van der Waals surface area contributed by atoms with E-state index in [2.05, 4.69) is 61.3 Å². The van der Waals surface area contributed by atoms with Crippen molar-refractivity contribution in [3.63, 3.8) is 0 Å². The maximum Gasteiger partial charge on any atom is 0.310 e. The summed E-state index contributed by atoms with van der Waals surface area (Å²) in [5, 5.41) is 0.759. The highest BCUT2D eigenvalue weighted by Crippen LogP contribution is 2.31. The summed E-state index contributed by atoms with van der Waals surface area (Å²) in [7, 11) is 2.19. The second-order valence-electron chi connectivity index (χ2n) is 8.57. The van der Waals surface area contributed by atoms with Gasteiger partial charge < -0.3 is 17.1 Å². The van der Waals surface area contributed by atoms with Gasteiger partial charge in [0.15, 0.2) is 0 Å². The van der Waals surface area contributed by atoms with Crippen LogP contribution in [0.25, 0.3) is 0 Å². The van der Waals surface area contributed by atoms with Crippen molar-refractivity contribution in [3.05, 3.63) is 70.7 Å². The van der Waals surface area contributed by atoms with E-state index in [0.717, 1.165) is 54.9 Å². The van der Waals surface area contributed by atoms with Gasteiger partial charge in [-0.3, -0.25) is 14.2 Å². The molecule has 1 aliphatic rings. The summed E-state index contributed by atoms with van der Waals surface area (Å²) < 4.78 is 6.39. The van der Waals surface area contributed by atoms with Gasteiger partial charge in [0.2, 0.25) is 6.73 Å². The van der Waals surface area contributed by atoms with Crippen LogP contribution >= 0.6 is 11.6 Å². The zero-order valence-electron chi connectivity index (χ0n) is 18.6. The van der Waals surface area contributed by atoms with Crippen LogP contribution in [0.15, 0.2) is 54.6 Å². The molecule has 2 aromatic rings. The minimum absolute atomic E-state index is 0. The molecule has 0 aromatic heterocycles. The minimum Gasteiger partial charge on any atom is -1.00 e. The van der Waals surface area contributed by atoms with Gasteiger partial charge >= 0.3 is 5.97 Å². The van der Waals surface area contributed by atoms with Crippen LogP contribution in [0.1, 0.15) is 49.8 Å². The van der Waals surface area contributed by atoms with Crippen LogP contribution in [0.5, 0.6) is 0 Å². The Morgan fingerprint density at radius 3 is 2.26 bits per heavy atom. The van der Waals surface area contributed by atoms with E-state index in [0.29, 0.717) is 13.2 Å². The standard InChI is InChI=1S/C25H34ClN2O2.ClH/c1-3-4-6-11-24(29)30-20-28(2)18-16-27(17-19-28)25(21-9-7-5-8-10-21)22-12-14-23(26)15-13-22;/h5,7-10,12-15,25H,3-4,6,11,16-20H2,1-2H3;1H/q+1;/p-1. The van der Waals surface area contributed by atoms with E-state index in [1.165, 1.54) is 11.1 Å². The summed E-state index contributed by atoms with van der Waals surface area (Å²) in [6.45, 7) is 6.43. The third-order valence-electron chi connectivity index (χ3n) is 6.04. The first-order valence-corrected chi connectivity index (χ1v) is 11.4. The van der Waals surface area contributed by atoms with Gasteiger partial charge in [-0.15, -0.1) is 0 Å². The van der Waals surface area contributed by atoms with Crippen LogP contribution in [0.4, 0.5) is 0 Å². The average Bonchev–Trinajstić information content (AvgIpc) is 2.76. The van der Waals surface area contributed by atoms with Crippen LogP contribution in [-0.2, 0) is 9.53 Å². The Balaban J connectivity index is 0.00000341. The number of hydrogen-bond donors (Lipinski definition) is 0. The summed E-state index contributed by atoms with van der Waals surface area (Å²) in [4.78, 5) is 14.5. The van der Waals surface area contributed by atoms with Crippen molar-refractivity contribution in [2.24, 2.45) is 0 Å². The number of halogens is 2. The van der Waals surface area contributed by atoms with Crippen molar-refractivity contribution in [1.29, 1.82) is 0 Å². The van der Waals surface area contributed by atoms with Gasteiger partial charge in [-0.1, -0.05) is 73.8 Å². The highest BCUT2D eigenvalue weighted by molar-refractivity contribution is 6.30. The number of esters is 1. The van der Waals surface area contributed by atoms with Crippen molar-refractivity contribution < 1.29 is 26.4 Å². The van der Waals surface area contributed by atoms with E-state index in [9.17, 15) is 4.79 Å². The largest absolute Gasteiger partial charge is 1.00 e. The zero-order chi connectivity index (χ0) is 21.4. The fourth-order valence-electron chi connectivity index (χ4n) is 4.06. The summed E-state index contributed by atoms with van der Waals surface area (Å²) >= 11 is 6.13. The Hall–Kier alpha value is -1.59. The highest BCUT2D eigenvalue weighted by Gasteiger charge is 2.34. The minimum atomic E-state index is -0.0615. The molecule has 0 amide bonds. The molecule has 0 spiro atoms. The van der Waals surface area contributed by atoms with E-state index in [1.807, 2.05) is 12.1 Å². The number of piperazine rings is 1. The van der Waals surface area contributed by atoms with E-state index in [1.54, 1.807) is 0 Å². The third-order valence-corrected chi connectivity index (χ3v) is 6.29. The topological polar surface area (TPSA) is 29.5 Å². The monoisotopic (exact) mass is 464 g/mol. The predicted octanol–water partition coefficient (Wildman–Crippen LogP) is 2.28. The van der Waals surface area contributed by atoms with Gasteiger partial charge in [0.05, 0.1) is 26.2 Å². The molecule has 6 heteroatoms. The Morgan fingerprint density at radius 1 is 1.03 bits per heavy atom. The summed E-state index contributed by atoms with van der Waals surface area (Å²) in [6, 6.07) is 19.0. The number of ether oxygens (including phenoxy) is 1. The van der Waals surface area contributed by atoms with Crippen molar-refractivity contribution in [3.8, 4) is 0 Å². The molecule has 0 saturated carbocycles. The fourth-order valence-corrected chi connectivity index (χ4v) is 4.19. The second-order valence-corrected chi connectivity index (χ2v) is 9.01. The van der Waals surface area contributed by atoms with Crippen molar-refractivity contribution in [2.75, 3.05) is 40.0 Å². The van der Waals surface area contributed by atoms with Gasteiger partial charge in [0.1, 0.15) is 0 Å². The summed E-state index contributed by atoms with van der Waals surface area (Å²) in [5.41, 5.74) is 2.54. The molecule has 4 nitrogen and oxygen atoms in total. The van der Waals surface area contributed by atoms with Gasteiger partial charge in [0.25, 0.3) is 0 Å². The van der Waals surface area contributed by atoms with Crippen LogP contribution in [-0.4, -0.2) is 55.3 Å². The first-order valence-electron chi connectivity index (χ1n) is 11.0. The number of quaternary nitrogens is 1. The lowest BCUT2D eigenvalue weighted by Crippen LogP contribution is -3.00. The van der Waals surface area contributed by atoms with Crippen LogP contribution in [0.2, 0.25) is 5.02 Å². The summed E-state index contributed by atoms with van der Waals surface area (Å²) in [6.07, 6.45) is 3.66. The maximum atomic E-state index is 12.0. The van der Waals surface area contributed by atoms with E-state index >= 15 is 0 Å². The molecule has 1 fully saturated rings.